The monoisotopic (exact) mass is 321 g/mol. The lowest BCUT2D eigenvalue weighted by molar-refractivity contribution is 0.0942. The van der Waals surface area contributed by atoms with Crippen LogP contribution in [0.4, 0.5) is 4.79 Å². The molecule has 0 bridgehead atoms. The topological polar surface area (TPSA) is 75.4 Å². The Morgan fingerprint density at radius 3 is 2.81 bits per heavy atom. The first kappa shape index (κ1) is 14.1. The molecule has 0 unspecified atom stereocenters. The van der Waals surface area contributed by atoms with Crippen LogP contribution in [-0.4, -0.2) is 36.0 Å². The number of likely N-dealkylation sites (tertiary alicyclic amines) is 1. The largest absolute Gasteiger partial charge is 0.351 e. The molecule has 0 aliphatic carbocycles. The van der Waals surface area contributed by atoms with Gasteiger partial charge in [0.15, 0.2) is 0 Å². The summed E-state index contributed by atoms with van der Waals surface area (Å²) < 4.78 is 0. The summed E-state index contributed by atoms with van der Waals surface area (Å²) in [5.41, 5.74) is 5.24. The van der Waals surface area contributed by atoms with Crippen molar-refractivity contribution in [2.45, 2.75) is 12.5 Å². The molecule has 3 amide bonds. The highest BCUT2D eigenvalue weighted by Crippen LogP contribution is 2.31. The molecule has 110 valence electrons. The number of hydrogen-bond donors (Lipinski definition) is 2. The lowest BCUT2D eigenvalue weighted by atomic mass is 10.2. The molecule has 2 aromatic rings. The fraction of sp³-hybridized carbons (Fsp3) is 0.286. The van der Waals surface area contributed by atoms with E-state index in [1.165, 1.54) is 16.2 Å². The van der Waals surface area contributed by atoms with Gasteiger partial charge in [0.2, 0.25) is 0 Å². The van der Waals surface area contributed by atoms with Crippen molar-refractivity contribution in [3.8, 4) is 9.75 Å². The van der Waals surface area contributed by atoms with Crippen LogP contribution in [-0.2, 0) is 0 Å². The van der Waals surface area contributed by atoms with Crippen molar-refractivity contribution in [3.05, 3.63) is 34.5 Å². The second-order valence-electron chi connectivity index (χ2n) is 4.88. The normalized spacial score (nSPS) is 17.9. The minimum Gasteiger partial charge on any atom is -0.351 e. The molecular weight excluding hydrogens is 306 g/mol. The first-order chi connectivity index (χ1) is 10.1. The van der Waals surface area contributed by atoms with Crippen molar-refractivity contribution in [2.75, 3.05) is 13.1 Å². The summed E-state index contributed by atoms with van der Waals surface area (Å²) in [6, 6.07) is 7.40. The molecule has 3 heterocycles. The molecule has 1 aliphatic heterocycles. The van der Waals surface area contributed by atoms with E-state index in [0.717, 1.165) is 11.3 Å². The highest BCUT2D eigenvalue weighted by atomic mass is 32.1. The third kappa shape index (κ3) is 3.08. The van der Waals surface area contributed by atoms with Crippen LogP contribution in [0.5, 0.6) is 0 Å². The van der Waals surface area contributed by atoms with Gasteiger partial charge in [-0.05, 0) is 30.0 Å². The molecule has 7 heteroatoms. The van der Waals surface area contributed by atoms with E-state index >= 15 is 0 Å². The van der Waals surface area contributed by atoms with Crippen molar-refractivity contribution in [2.24, 2.45) is 5.73 Å². The predicted molar refractivity (Wildman–Crippen MR) is 84.7 cm³/mol. The maximum Gasteiger partial charge on any atom is 0.314 e. The van der Waals surface area contributed by atoms with Crippen molar-refractivity contribution < 1.29 is 9.59 Å². The first-order valence-corrected chi connectivity index (χ1v) is 8.32. The molecule has 3 N–H and O–H groups in total. The van der Waals surface area contributed by atoms with Gasteiger partial charge in [-0.3, -0.25) is 4.79 Å². The van der Waals surface area contributed by atoms with Gasteiger partial charge in [0, 0.05) is 28.9 Å². The minimum absolute atomic E-state index is 0.0164. The second-order valence-corrected chi connectivity index (χ2v) is 6.92. The quantitative estimate of drug-likeness (QED) is 0.910. The van der Waals surface area contributed by atoms with Gasteiger partial charge < -0.3 is 16.0 Å². The van der Waals surface area contributed by atoms with Crippen LogP contribution in [0.2, 0.25) is 0 Å². The number of carbonyl (C=O) groups excluding carboxylic acids is 2. The Morgan fingerprint density at radius 1 is 1.29 bits per heavy atom. The van der Waals surface area contributed by atoms with Gasteiger partial charge in [-0.2, -0.15) is 0 Å². The zero-order chi connectivity index (χ0) is 14.8. The molecule has 1 fully saturated rings. The number of rotatable bonds is 3. The highest BCUT2D eigenvalue weighted by Gasteiger charge is 2.26. The average molecular weight is 321 g/mol. The number of nitrogens with two attached hydrogens (primary N) is 1. The summed E-state index contributed by atoms with van der Waals surface area (Å²) in [5.74, 6) is -0.0841. The van der Waals surface area contributed by atoms with Gasteiger partial charge in [-0.1, -0.05) is 6.07 Å². The van der Waals surface area contributed by atoms with E-state index in [1.807, 2.05) is 29.6 Å². The van der Waals surface area contributed by atoms with E-state index in [0.29, 0.717) is 18.0 Å². The first-order valence-electron chi connectivity index (χ1n) is 6.62. The number of primary amides is 1. The molecule has 5 nitrogen and oxygen atoms in total. The third-order valence-electron chi connectivity index (χ3n) is 3.43. The molecule has 3 rings (SSSR count). The van der Waals surface area contributed by atoms with Crippen molar-refractivity contribution >= 4 is 34.6 Å². The van der Waals surface area contributed by atoms with E-state index < -0.39 is 6.03 Å². The summed E-state index contributed by atoms with van der Waals surface area (Å²) in [6.07, 6.45) is 0.748. The van der Waals surface area contributed by atoms with Crippen LogP contribution in [0.3, 0.4) is 0 Å². The molecule has 2 aromatic heterocycles. The Balaban J connectivity index is 1.63. The molecule has 0 saturated carbocycles. The number of nitrogens with one attached hydrogen (secondary N) is 1. The maximum atomic E-state index is 12.2. The highest BCUT2D eigenvalue weighted by molar-refractivity contribution is 7.22. The molecule has 1 aliphatic rings. The van der Waals surface area contributed by atoms with Crippen LogP contribution < -0.4 is 11.1 Å². The molecule has 1 atom stereocenters. The SMILES string of the molecule is NC(=O)N1CC[C@@H](NC(=O)c2ccc(-c3cccs3)s2)C1. The Kier molecular flexibility index (Phi) is 3.94. The summed E-state index contributed by atoms with van der Waals surface area (Å²) in [5, 5.41) is 4.98. The lowest BCUT2D eigenvalue weighted by Crippen LogP contribution is -2.39. The Bertz CT molecular complexity index is 651. The summed E-state index contributed by atoms with van der Waals surface area (Å²) >= 11 is 3.14. The van der Waals surface area contributed by atoms with Crippen LogP contribution in [0.1, 0.15) is 16.1 Å². The molecule has 0 radical (unpaired) electrons. The van der Waals surface area contributed by atoms with Crippen LogP contribution >= 0.6 is 22.7 Å². The van der Waals surface area contributed by atoms with Gasteiger partial charge in [0.1, 0.15) is 0 Å². The summed E-state index contributed by atoms with van der Waals surface area (Å²) in [6.45, 7) is 1.09. The van der Waals surface area contributed by atoms with Crippen molar-refractivity contribution in [1.29, 1.82) is 0 Å². The lowest BCUT2D eigenvalue weighted by Gasteiger charge is -2.14. The number of hydrogen-bond acceptors (Lipinski definition) is 4. The van der Waals surface area contributed by atoms with Crippen LogP contribution in [0, 0.1) is 0 Å². The van der Waals surface area contributed by atoms with Gasteiger partial charge in [0.05, 0.1) is 4.88 Å². The number of thiophene rings is 2. The summed E-state index contributed by atoms with van der Waals surface area (Å²) in [4.78, 5) is 27.8. The predicted octanol–water partition coefficient (Wildman–Crippen LogP) is 2.36. The van der Waals surface area contributed by atoms with Crippen molar-refractivity contribution in [3.63, 3.8) is 0 Å². The Hall–Kier alpha value is -1.86. The number of carbonyl (C=O) groups is 2. The number of urea groups is 1. The summed E-state index contributed by atoms with van der Waals surface area (Å²) in [7, 11) is 0. The van der Waals surface area contributed by atoms with Crippen molar-refractivity contribution in [1.82, 2.24) is 10.2 Å². The fourth-order valence-corrected chi connectivity index (χ4v) is 4.09. The van der Waals surface area contributed by atoms with E-state index in [4.69, 9.17) is 5.73 Å². The third-order valence-corrected chi connectivity index (χ3v) is 5.58. The maximum absolute atomic E-state index is 12.2. The van der Waals surface area contributed by atoms with E-state index in [2.05, 4.69) is 5.32 Å². The van der Waals surface area contributed by atoms with E-state index in [-0.39, 0.29) is 11.9 Å². The number of nitrogens with zero attached hydrogens (tertiary/aromatic N) is 1. The standard InChI is InChI=1S/C14H15N3O2S2/c15-14(19)17-6-5-9(8-17)16-13(18)12-4-3-11(21-12)10-2-1-7-20-10/h1-4,7,9H,5-6,8H2,(H2,15,19)(H,16,18)/t9-/m1/s1. The van der Waals surface area contributed by atoms with Gasteiger partial charge in [0.25, 0.3) is 5.91 Å². The van der Waals surface area contributed by atoms with Crippen LogP contribution in [0.15, 0.2) is 29.6 Å². The number of amides is 3. The van der Waals surface area contributed by atoms with Gasteiger partial charge in [-0.25, -0.2) is 4.79 Å². The Morgan fingerprint density at radius 2 is 2.14 bits per heavy atom. The van der Waals surface area contributed by atoms with Crippen LogP contribution in [0.25, 0.3) is 9.75 Å². The molecule has 0 spiro atoms. The molecule has 21 heavy (non-hydrogen) atoms. The smallest absolute Gasteiger partial charge is 0.314 e. The van der Waals surface area contributed by atoms with E-state index in [9.17, 15) is 9.59 Å². The second kappa shape index (κ2) is 5.87. The molecule has 1 saturated heterocycles. The molecular formula is C14H15N3O2S2. The zero-order valence-corrected chi connectivity index (χ0v) is 12.9. The fourth-order valence-electron chi connectivity index (χ4n) is 2.35. The molecule has 0 aromatic carbocycles. The van der Waals surface area contributed by atoms with Gasteiger partial charge in [-0.15, -0.1) is 22.7 Å². The Labute approximate surface area is 130 Å². The van der Waals surface area contributed by atoms with E-state index in [1.54, 1.807) is 16.2 Å². The zero-order valence-electron chi connectivity index (χ0n) is 11.2. The average Bonchev–Trinajstić information content (AvgIpc) is 3.19. The van der Waals surface area contributed by atoms with Gasteiger partial charge >= 0.3 is 6.03 Å². The minimum atomic E-state index is -0.428.